The standard InChI is InChI=1S/C17H17FN2O5/c1-10-8-20(17(23)19-14(10)21)15-13(18)7-12(25-15)9-24-16(22)11-5-3-2-4-6-11/h2-6,8,12-13,15H,7,9H2,1H3,(H,19,21,23)/t12-,13-,15-/m1/s1. The van der Waals surface area contributed by atoms with E-state index in [1.54, 1.807) is 30.3 Å². The van der Waals surface area contributed by atoms with Crippen molar-refractivity contribution < 1.29 is 18.7 Å². The third kappa shape index (κ3) is 3.69. The highest BCUT2D eigenvalue weighted by Gasteiger charge is 2.38. The fraction of sp³-hybridized carbons (Fsp3) is 0.353. The molecule has 8 heteroatoms. The van der Waals surface area contributed by atoms with Crippen LogP contribution >= 0.6 is 0 Å². The number of H-pyrrole nitrogens is 1. The number of nitrogens with one attached hydrogen (secondary N) is 1. The van der Waals surface area contributed by atoms with Gasteiger partial charge in [-0.2, -0.15) is 0 Å². The Morgan fingerprint density at radius 1 is 1.36 bits per heavy atom. The molecular weight excluding hydrogens is 331 g/mol. The second-order valence-electron chi connectivity index (χ2n) is 5.84. The molecule has 1 fully saturated rings. The van der Waals surface area contributed by atoms with E-state index in [2.05, 4.69) is 4.98 Å². The first kappa shape index (κ1) is 17.1. The maximum atomic E-state index is 14.3. The van der Waals surface area contributed by atoms with Gasteiger partial charge >= 0.3 is 11.7 Å². The van der Waals surface area contributed by atoms with Crippen LogP contribution in [0.5, 0.6) is 0 Å². The van der Waals surface area contributed by atoms with Crippen LogP contribution in [-0.2, 0) is 9.47 Å². The maximum absolute atomic E-state index is 14.3. The van der Waals surface area contributed by atoms with Gasteiger partial charge in [-0.15, -0.1) is 0 Å². The molecule has 0 unspecified atom stereocenters. The molecule has 0 aliphatic carbocycles. The summed E-state index contributed by atoms with van der Waals surface area (Å²) in [5.74, 6) is -0.528. The number of aromatic amines is 1. The van der Waals surface area contributed by atoms with Gasteiger partial charge in [0.25, 0.3) is 5.56 Å². The van der Waals surface area contributed by atoms with Crippen molar-refractivity contribution in [3.8, 4) is 0 Å². The van der Waals surface area contributed by atoms with Crippen LogP contribution in [0.3, 0.4) is 0 Å². The molecule has 1 aromatic carbocycles. The molecule has 1 aromatic heterocycles. The number of halogens is 1. The molecular formula is C17H17FN2O5. The Bertz CT molecular complexity index is 877. The first-order valence-corrected chi connectivity index (χ1v) is 7.79. The van der Waals surface area contributed by atoms with E-state index in [9.17, 15) is 18.8 Å². The van der Waals surface area contributed by atoms with E-state index in [4.69, 9.17) is 9.47 Å². The number of rotatable bonds is 4. The number of nitrogens with zero attached hydrogens (tertiary/aromatic N) is 1. The molecule has 132 valence electrons. The summed E-state index contributed by atoms with van der Waals surface area (Å²) in [6.45, 7) is 1.39. The van der Waals surface area contributed by atoms with Gasteiger partial charge in [-0.3, -0.25) is 14.3 Å². The van der Waals surface area contributed by atoms with Crippen molar-refractivity contribution in [2.24, 2.45) is 0 Å². The summed E-state index contributed by atoms with van der Waals surface area (Å²) in [4.78, 5) is 37.3. The van der Waals surface area contributed by atoms with Gasteiger partial charge in [-0.1, -0.05) is 18.2 Å². The number of aromatic nitrogens is 2. The predicted molar refractivity (Wildman–Crippen MR) is 86.2 cm³/mol. The van der Waals surface area contributed by atoms with Crippen LogP contribution in [0.25, 0.3) is 0 Å². The van der Waals surface area contributed by atoms with E-state index < -0.39 is 35.7 Å². The molecule has 0 amide bonds. The predicted octanol–water partition coefficient (Wildman–Crippen LogP) is 1.33. The fourth-order valence-electron chi connectivity index (χ4n) is 2.65. The number of esters is 1. The number of benzene rings is 1. The Kier molecular flexibility index (Phi) is 4.80. The number of hydrogen-bond acceptors (Lipinski definition) is 5. The van der Waals surface area contributed by atoms with Crippen molar-refractivity contribution in [1.29, 1.82) is 0 Å². The Labute approximate surface area is 142 Å². The van der Waals surface area contributed by atoms with Crippen LogP contribution in [0.15, 0.2) is 46.1 Å². The third-order valence-corrected chi connectivity index (χ3v) is 3.96. The lowest BCUT2D eigenvalue weighted by molar-refractivity contribution is -0.0457. The zero-order valence-corrected chi connectivity index (χ0v) is 13.5. The van der Waals surface area contributed by atoms with E-state index in [0.717, 1.165) is 4.57 Å². The number of aryl methyl sites for hydroxylation is 1. The fourth-order valence-corrected chi connectivity index (χ4v) is 2.65. The first-order valence-electron chi connectivity index (χ1n) is 7.79. The molecule has 2 aromatic rings. The van der Waals surface area contributed by atoms with Gasteiger partial charge < -0.3 is 9.47 Å². The largest absolute Gasteiger partial charge is 0.459 e. The zero-order valence-electron chi connectivity index (χ0n) is 13.5. The molecule has 1 aliphatic heterocycles. The van der Waals surface area contributed by atoms with Crippen LogP contribution in [0.1, 0.15) is 28.6 Å². The first-order chi connectivity index (χ1) is 12.0. The zero-order chi connectivity index (χ0) is 18.0. The third-order valence-electron chi connectivity index (χ3n) is 3.96. The average Bonchev–Trinajstić information content (AvgIpc) is 2.97. The lowest BCUT2D eigenvalue weighted by Gasteiger charge is -2.17. The van der Waals surface area contributed by atoms with Crippen molar-refractivity contribution >= 4 is 5.97 Å². The molecule has 25 heavy (non-hydrogen) atoms. The number of alkyl halides is 1. The molecule has 0 radical (unpaired) electrons. The normalized spacial score (nSPS) is 22.7. The Balaban J connectivity index is 1.66. The number of carbonyl (C=O) groups is 1. The van der Waals surface area contributed by atoms with Gasteiger partial charge in [0.05, 0.1) is 11.7 Å². The molecule has 1 saturated heterocycles. The van der Waals surface area contributed by atoms with Crippen LogP contribution < -0.4 is 11.2 Å². The van der Waals surface area contributed by atoms with E-state index in [-0.39, 0.29) is 18.6 Å². The van der Waals surface area contributed by atoms with Gasteiger partial charge in [0.15, 0.2) is 6.23 Å². The van der Waals surface area contributed by atoms with Crippen LogP contribution in [0.2, 0.25) is 0 Å². The van der Waals surface area contributed by atoms with E-state index >= 15 is 0 Å². The summed E-state index contributed by atoms with van der Waals surface area (Å²) < 4.78 is 25.9. The molecule has 0 saturated carbocycles. The quantitative estimate of drug-likeness (QED) is 0.842. The molecule has 2 heterocycles. The van der Waals surface area contributed by atoms with E-state index in [1.165, 1.54) is 13.1 Å². The van der Waals surface area contributed by atoms with Crippen molar-refractivity contribution in [1.82, 2.24) is 9.55 Å². The number of ether oxygens (including phenoxy) is 2. The second-order valence-corrected chi connectivity index (χ2v) is 5.84. The van der Waals surface area contributed by atoms with Crippen LogP contribution in [0, 0.1) is 6.92 Å². The summed E-state index contributed by atoms with van der Waals surface area (Å²) in [6, 6.07) is 8.42. The summed E-state index contributed by atoms with van der Waals surface area (Å²) in [5, 5.41) is 0. The number of hydrogen-bond donors (Lipinski definition) is 1. The minimum atomic E-state index is -1.46. The topological polar surface area (TPSA) is 90.4 Å². The molecule has 0 bridgehead atoms. The van der Waals surface area contributed by atoms with Gasteiger partial charge in [-0.25, -0.2) is 14.0 Å². The summed E-state index contributed by atoms with van der Waals surface area (Å²) in [7, 11) is 0. The van der Waals surface area contributed by atoms with E-state index in [1.807, 2.05) is 0 Å². The molecule has 3 rings (SSSR count). The molecule has 3 atom stereocenters. The van der Waals surface area contributed by atoms with Crippen LogP contribution in [0.4, 0.5) is 4.39 Å². The molecule has 7 nitrogen and oxygen atoms in total. The van der Waals surface area contributed by atoms with E-state index in [0.29, 0.717) is 5.56 Å². The van der Waals surface area contributed by atoms with Gasteiger partial charge in [0.2, 0.25) is 0 Å². The molecule has 1 aliphatic rings. The van der Waals surface area contributed by atoms with Crippen molar-refractivity contribution in [3.05, 3.63) is 68.5 Å². The second kappa shape index (κ2) is 7.02. The maximum Gasteiger partial charge on any atom is 0.338 e. The summed E-state index contributed by atoms with van der Waals surface area (Å²) >= 11 is 0. The summed E-state index contributed by atoms with van der Waals surface area (Å²) in [5.41, 5.74) is -0.608. The average molecular weight is 348 g/mol. The number of carbonyl (C=O) groups excluding carboxylic acids is 1. The Morgan fingerprint density at radius 2 is 2.08 bits per heavy atom. The molecule has 0 spiro atoms. The lowest BCUT2D eigenvalue weighted by Crippen LogP contribution is -2.35. The van der Waals surface area contributed by atoms with Gasteiger partial charge in [-0.05, 0) is 19.1 Å². The van der Waals surface area contributed by atoms with Gasteiger partial charge in [0, 0.05) is 18.2 Å². The highest BCUT2D eigenvalue weighted by Crippen LogP contribution is 2.30. The molecule has 1 N–H and O–H groups in total. The van der Waals surface area contributed by atoms with Gasteiger partial charge in [0.1, 0.15) is 12.8 Å². The minimum Gasteiger partial charge on any atom is -0.459 e. The Hall–Kier alpha value is -2.74. The summed E-state index contributed by atoms with van der Waals surface area (Å²) in [6.07, 6.45) is -2.05. The lowest BCUT2D eigenvalue weighted by atomic mass is 10.2. The highest BCUT2D eigenvalue weighted by atomic mass is 19.1. The van der Waals surface area contributed by atoms with Crippen molar-refractivity contribution in [2.75, 3.05) is 6.61 Å². The smallest absolute Gasteiger partial charge is 0.338 e. The van der Waals surface area contributed by atoms with Crippen LogP contribution in [-0.4, -0.2) is 34.4 Å². The Morgan fingerprint density at radius 3 is 2.80 bits per heavy atom. The monoisotopic (exact) mass is 348 g/mol. The minimum absolute atomic E-state index is 0.0165. The van der Waals surface area contributed by atoms with Crippen molar-refractivity contribution in [2.45, 2.75) is 31.8 Å². The van der Waals surface area contributed by atoms with Crippen molar-refractivity contribution in [3.63, 3.8) is 0 Å². The SMILES string of the molecule is Cc1cn([C@@H]2O[C@@H](COC(=O)c3ccccc3)C[C@H]2F)c(=O)[nH]c1=O. The highest BCUT2D eigenvalue weighted by molar-refractivity contribution is 5.89.